The van der Waals surface area contributed by atoms with Crippen molar-refractivity contribution < 1.29 is 9.47 Å². The number of aromatic amines is 1. The Labute approximate surface area is 195 Å². The van der Waals surface area contributed by atoms with Gasteiger partial charge in [0.05, 0.1) is 55.3 Å². The summed E-state index contributed by atoms with van der Waals surface area (Å²) in [6.07, 6.45) is 3.57. The highest BCUT2D eigenvalue weighted by Crippen LogP contribution is 2.24. The Morgan fingerprint density at radius 3 is 2.79 bits per heavy atom. The van der Waals surface area contributed by atoms with Gasteiger partial charge in [-0.1, -0.05) is 0 Å². The van der Waals surface area contributed by atoms with E-state index in [1.165, 1.54) is 0 Å². The van der Waals surface area contributed by atoms with Gasteiger partial charge in [-0.05, 0) is 36.4 Å². The number of ether oxygens (including phenoxy) is 2. The first kappa shape index (κ1) is 20.6. The zero-order valence-electron chi connectivity index (χ0n) is 18.7. The van der Waals surface area contributed by atoms with E-state index in [4.69, 9.17) is 19.6 Å². The minimum Gasteiger partial charge on any atom is -0.481 e. The number of hydrogen-bond acceptors (Lipinski definition) is 8. The molecule has 0 unspecified atom stereocenters. The van der Waals surface area contributed by atoms with Crippen molar-refractivity contribution in [3.05, 3.63) is 60.7 Å². The van der Waals surface area contributed by atoms with Crippen molar-refractivity contribution in [1.29, 1.82) is 0 Å². The summed E-state index contributed by atoms with van der Waals surface area (Å²) in [6, 6.07) is 13.8. The molecule has 0 radical (unpaired) electrons. The van der Waals surface area contributed by atoms with E-state index in [2.05, 4.69) is 25.2 Å². The van der Waals surface area contributed by atoms with Crippen LogP contribution in [0.3, 0.4) is 0 Å². The Morgan fingerprint density at radius 1 is 1.06 bits per heavy atom. The topological polar surface area (TPSA) is 105 Å². The average molecular weight is 457 g/mol. The largest absolute Gasteiger partial charge is 0.481 e. The van der Waals surface area contributed by atoms with Gasteiger partial charge >= 0.3 is 0 Å². The fourth-order valence-electron chi connectivity index (χ4n) is 4.15. The van der Waals surface area contributed by atoms with Crippen LogP contribution in [0.1, 0.15) is 5.82 Å². The molecule has 1 aliphatic heterocycles. The maximum absolute atomic E-state index is 5.43. The van der Waals surface area contributed by atoms with Gasteiger partial charge in [0.2, 0.25) is 11.8 Å². The quantitative estimate of drug-likeness (QED) is 0.401. The van der Waals surface area contributed by atoms with Crippen molar-refractivity contribution in [2.24, 2.45) is 0 Å². The van der Waals surface area contributed by atoms with Gasteiger partial charge in [0.1, 0.15) is 5.82 Å². The zero-order chi connectivity index (χ0) is 22.9. The zero-order valence-corrected chi connectivity index (χ0v) is 18.7. The number of imidazole rings is 1. The van der Waals surface area contributed by atoms with Crippen LogP contribution in [0.5, 0.6) is 5.88 Å². The van der Waals surface area contributed by atoms with Crippen molar-refractivity contribution in [1.82, 2.24) is 34.4 Å². The predicted octanol–water partition coefficient (Wildman–Crippen LogP) is 3.25. The summed E-state index contributed by atoms with van der Waals surface area (Å²) in [7, 11) is 1.60. The number of H-pyrrole nitrogens is 1. The Kier molecular flexibility index (Phi) is 5.28. The molecule has 6 rings (SSSR count). The van der Waals surface area contributed by atoms with Gasteiger partial charge in [0, 0.05) is 36.6 Å². The second-order valence-electron chi connectivity index (χ2n) is 8.16. The van der Waals surface area contributed by atoms with Crippen LogP contribution in [-0.4, -0.2) is 67.9 Å². The van der Waals surface area contributed by atoms with Crippen molar-refractivity contribution in [3.8, 4) is 17.1 Å². The number of rotatable bonds is 6. The molecule has 2 N–H and O–H groups in total. The Balaban J connectivity index is 1.24. The minimum absolute atomic E-state index is 0.499. The van der Waals surface area contributed by atoms with E-state index >= 15 is 0 Å². The van der Waals surface area contributed by atoms with E-state index in [-0.39, 0.29) is 0 Å². The number of aromatic nitrogens is 6. The number of morpholine rings is 1. The third-order valence-electron chi connectivity index (χ3n) is 5.90. The first-order valence-corrected chi connectivity index (χ1v) is 11.2. The SMILES string of the molecule is COc1ccc(-c2ccc3cnc(Nc4ccc5nc(CN6CCOCC6)[nH]c5c4)nn23)cn1. The summed E-state index contributed by atoms with van der Waals surface area (Å²) in [5, 5.41) is 8.02. The van der Waals surface area contributed by atoms with E-state index in [1.807, 2.05) is 47.0 Å². The lowest BCUT2D eigenvalue weighted by atomic mass is 10.2. The van der Waals surface area contributed by atoms with Crippen LogP contribution in [0.25, 0.3) is 27.8 Å². The summed E-state index contributed by atoms with van der Waals surface area (Å²) < 4.78 is 12.4. The fourth-order valence-corrected chi connectivity index (χ4v) is 4.15. The smallest absolute Gasteiger partial charge is 0.245 e. The van der Waals surface area contributed by atoms with Gasteiger partial charge in [-0.15, -0.1) is 5.10 Å². The Morgan fingerprint density at radius 2 is 1.97 bits per heavy atom. The molecule has 4 aromatic heterocycles. The number of nitrogens with zero attached hydrogens (tertiary/aromatic N) is 6. The van der Waals surface area contributed by atoms with Gasteiger partial charge < -0.3 is 19.8 Å². The lowest BCUT2D eigenvalue weighted by molar-refractivity contribution is 0.0332. The molecule has 0 spiro atoms. The highest BCUT2D eigenvalue weighted by Gasteiger charge is 2.14. The second kappa shape index (κ2) is 8.73. The molecule has 0 aliphatic carbocycles. The molecule has 0 saturated carbocycles. The summed E-state index contributed by atoms with van der Waals surface area (Å²) in [6.45, 7) is 4.19. The van der Waals surface area contributed by atoms with Gasteiger partial charge in [-0.25, -0.2) is 19.5 Å². The van der Waals surface area contributed by atoms with Crippen LogP contribution in [0.2, 0.25) is 0 Å². The molecule has 34 heavy (non-hydrogen) atoms. The van der Waals surface area contributed by atoms with Gasteiger partial charge in [-0.2, -0.15) is 0 Å². The van der Waals surface area contributed by atoms with Gasteiger partial charge in [0.15, 0.2) is 0 Å². The third-order valence-corrected chi connectivity index (χ3v) is 5.90. The standard InChI is InChI=1S/C24H24N8O2/c1-33-23-7-2-16(13-25-23)21-6-4-18-14-26-24(30-32(18)21)27-17-3-5-19-20(12-17)29-22(28-19)15-31-8-10-34-11-9-31/h2-7,12-14H,8-11,15H2,1H3,(H,27,30)(H,28,29). The molecule has 172 valence electrons. The molecule has 1 saturated heterocycles. The number of nitrogens with one attached hydrogen (secondary N) is 2. The van der Waals surface area contributed by atoms with E-state index in [0.717, 1.165) is 72.2 Å². The number of hydrogen-bond donors (Lipinski definition) is 2. The first-order valence-electron chi connectivity index (χ1n) is 11.2. The molecule has 0 atom stereocenters. The number of methoxy groups -OCH3 is 1. The molecule has 10 nitrogen and oxygen atoms in total. The number of benzene rings is 1. The molecule has 5 aromatic rings. The monoisotopic (exact) mass is 456 g/mol. The molecule has 1 aromatic carbocycles. The second-order valence-corrected chi connectivity index (χ2v) is 8.16. The molecule has 1 aliphatic rings. The maximum Gasteiger partial charge on any atom is 0.245 e. The van der Waals surface area contributed by atoms with Crippen LogP contribution < -0.4 is 10.1 Å². The molecular weight excluding hydrogens is 432 g/mol. The van der Waals surface area contributed by atoms with E-state index in [9.17, 15) is 0 Å². The predicted molar refractivity (Wildman–Crippen MR) is 128 cm³/mol. The molecule has 5 heterocycles. The van der Waals surface area contributed by atoms with E-state index < -0.39 is 0 Å². The van der Waals surface area contributed by atoms with Crippen molar-refractivity contribution in [3.63, 3.8) is 0 Å². The van der Waals surface area contributed by atoms with Crippen LogP contribution in [0.4, 0.5) is 11.6 Å². The Bertz CT molecular complexity index is 1440. The van der Waals surface area contributed by atoms with Crippen LogP contribution >= 0.6 is 0 Å². The van der Waals surface area contributed by atoms with E-state index in [1.54, 1.807) is 19.5 Å². The summed E-state index contributed by atoms with van der Waals surface area (Å²) in [4.78, 5) is 19.3. The molecule has 0 amide bonds. The molecular formula is C24H24N8O2. The van der Waals surface area contributed by atoms with Crippen LogP contribution in [0, 0.1) is 0 Å². The van der Waals surface area contributed by atoms with Crippen molar-refractivity contribution >= 4 is 28.2 Å². The number of fused-ring (bicyclic) bond motifs is 2. The summed E-state index contributed by atoms with van der Waals surface area (Å²) in [5.74, 6) is 2.03. The lowest BCUT2D eigenvalue weighted by Gasteiger charge is -2.25. The Hall–Kier alpha value is -4.02. The highest BCUT2D eigenvalue weighted by molar-refractivity contribution is 5.80. The molecule has 1 fully saturated rings. The third kappa shape index (κ3) is 4.04. The molecule has 10 heteroatoms. The maximum atomic E-state index is 5.43. The van der Waals surface area contributed by atoms with Gasteiger partial charge in [0.25, 0.3) is 0 Å². The van der Waals surface area contributed by atoms with Gasteiger partial charge in [-0.3, -0.25) is 4.90 Å². The molecule has 0 bridgehead atoms. The number of pyridine rings is 1. The normalized spacial score (nSPS) is 14.6. The number of anilines is 2. The van der Waals surface area contributed by atoms with Crippen molar-refractivity contribution in [2.75, 3.05) is 38.7 Å². The lowest BCUT2D eigenvalue weighted by Crippen LogP contribution is -2.35. The first-order chi connectivity index (χ1) is 16.7. The fraction of sp³-hybridized carbons (Fsp3) is 0.250. The summed E-state index contributed by atoms with van der Waals surface area (Å²) in [5.41, 5.74) is 5.55. The minimum atomic E-state index is 0.499. The van der Waals surface area contributed by atoms with E-state index in [0.29, 0.717) is 11.8 Å². The highest BCUT2D eigenvalue weighted by atomic mass is 16.5. The van der Waals surface area contributed by atoms with Crippen LogP contribution in [0.15, 0.2) is 54.9 Å². The average Bonchev–Trinajstić information content (AvgIpc) is 3.48. The van der Waals surface area contributed by atoms with Crippen LogP contribution in [-0.2, 0) is 11.3 Å². The summed E-state index contributed by atoms with van der Waals surface area (Å²) >= 11 is 0. The van der Waals surface area contributed by atoms with Crippen molar-refractivity contribution in [2.45, 2.75) is 6.54 Å².